The summed E-state index contributed by atoms with van der Waals surface area (Å²) in [7, 11) is 1.50. The van der Waals surface area contributed by atoms with E-state index in [0.29, 0.717) is 19.7 Å². The second-order valence-corrected chi connectivity index (χ2v) is 8.48. The zero-order valence-corrected chi connectivity index (χ0v) is 17.0. The maximum atomic E-state index is 12.8. The summed E-state index contributed by atoms with van der Waals surface area (Å²) in [5.41, 5.74) is -0.606. The van der Waals surface area contributed by atoms with Gasteiger partial charge in [-0.1, -0.05) is 13.8 Å². The van der Waals surface area contributed by atoms with Crippen molar-refractivity contribution in [2.75, 3.05) is 33.3 Å². The Balaban J connectivity index is 2.10. The van der Waals surface area contributed by atoms with Crippen LogP contribution in [0.25, 0.3) is 0 Å². The minimum Gasteiger partial charge on any atom is -0.480 e. The predicted octanol–water partition coefficient (Wildman–Crippen LogP) is 1.47. The molecule has 0 aliphatic carbocycles. The summed E-state index contributed by atoms with van der Waals surface area (Å²) in [5, 5.41) is 9.43. The van der Waals surface area contributed by atoms with Crippen LogP contribution in [0.3, 0.4) is 0 Å². The third kappa shape index (κ3) is 4.82. The third-order valence-electron chi connectivity index (χ3n) is 4.80. The molecule has 3 atom stereocenters. The van der Waals surface area contributed by atoms with Crippen molar-refractivity contribution in [3.8, 4) is 0 Å². The molecule has 0 aromatic rings. The highest BCUT2D eigenvalue weighted by Crippen LogP contribution is 2.26. The van der Waals surface area contributed by atoms with E-state index in [1.54, 1.807) is 44.4 Å². The number of hydrogen-bond donors (Lipinski definition) is 1. The molecule has 2 aliphatic rings. The normalized spacial score (nSPS) is 23.8. The number of carbonyl (C=O) groups is 3. The van der Waals surface area contributed by atoms with Crippen LogP contribution in [0, 0.1) is 5.92 Å². The van der Waals surface area contributed by atoms with Crippen LogP contribution in [0.5, 0.6) is 0 Å². The highest BCUT2D eigenvalue weighted by molar-refractivity contribution is 5.83. The van der Waals surface area contributed by atoms with Crippen molar-refractivity contribution >= 4 is 18.1 Å². The van der Waals surface area contributed by atoms with Gasteiger partial charge in [-0.05, 0) is 26.7 Å². The fourth-order valence-electron chi connectivity index (χ4n) is 3.63. The number of nitrogens with zero attached hydrogens (tertiary/aromatic N) is 3. The standard InChI is InChI=1S/C18H31N3O6/c1-11(2)14(15(22)23)19(6)16(24)20-9-12-13(10-20)26-8-7-21(12)17(25)27-18(3,4)5/h11-14H,7-10H2,1-6H3,(H,22,23)/t12-,13+,14?/m1/s1. The number of ether oxygens (including phenoxy) is 2. The van der Waals surface area contributed by atoms with Gasteiger partial charge in [0.2, 0.25) is 0 Å². The van der Waals surface area contributed by atoms with E-state index in [4.69, 9.17) is 9.47 Å². The first-order valence-electron chi connectivity index (χ1n) is 9.28. The first-order valence-corrected chi connectivity index (χ1v) is 9.28. The van der Waals surface area contributed by atoms with Crippen LogP contribution in [0.15, 0.2) is 0 Å². The lowest BCUT2D eigenvalue weighted by Crippen LogP contribution is -2.54. The Morgan fingerprint density at radius 1 is 1.22 bits per heavy atom. The Morgan fingerprint density at radius 2 is 1.85 bits per heavy atom. The number of likely N-dealkylation sites (N-methyl/N-ethyl adjacent to an activating group) is 1. The molecule has 1 N–H and O–H groups in total. The number of carboxylic acid groups (broad SMARTS) is 1. The molecule has 9 nitrogen and oxygen atoms in total. The van der Waals surface area contributed by atoms with E-state index in [-0.39, 0.29) is 30.6 Å². The first-order chi connectivity index (χ1) is 12.4. The van der Waals surface area contributed by atoms with Crippen LogP contribution in [0.2, 0.25) is 0 Å². The van der Waals surface area contributed by atoms with E-state index in [1.165, 1.54) is 11.9 Å². The minimum absolute atomic E-state index is 0.226. The van der Waals surface area contributed by atoms with Gasteiger partial charge < -0.3 is 24.4 Å². The Morgan fingerprint density at radius 3 is 2.37 bits per heavy atom. The second-order valence-electron chi connectivity index (χ2n) is 8.48. The Labute approximate surface area is 160 Å². The van der Waals surface area contributed by atoms with Gasteiger partial charge >= 0.3 is 18.1 Å². The van der Waals surface area contributed by atoms with Gasteiger partial charge in [0.25, 0.3) is 0 Å². The van der Waals surface area contributed by atoms with Gasteiger partial charge in [0.15, 0.2) is 0 Å². The summed E-state index contributed by atoms with van der Waals surface area (Å²) in [6, 6.07) is -1.59. The number of amides is 3. The number of rotatable bonds is 3. The lowest BCUT2D eigenvalue weighted by molar-refractivity contribution is -0.143. The van der Waals surface area contributed by atoms with Gasteiger partial charge in [-0.2, -0.15) is 0 Å². The van der Waals surface area contributed by atoms with Crippen molar-refractivity contribution < 1.29 is 29.0 Å². The quantitative estimate of drug-likeness (QED) is 0.790. The molecule has 2 rings (SSSR count). The number of carboxylic acids is 1. The number of aliphatic carboxylic acids is 1. The summed E-state index contributed by atoms with van der Waals surface area (Å²) in [4.78, 5) is 41.3. The van der Waals surface area contributed by atoms with E-state index >= 15 is 0 Å². The maximum absolute atomic E-state index is 12.8. The van der Waals surface area contributed by atoms with Gasteiger partial charge in [-0.3, -0.25) is 4.90 Å². The zero-order valence-electron chi connectivity index (χ0n) is 17.0. The van der Waals surface area contributed by atoms with E-state index in [2.05, 4.69) is 0 Å². The van der Waals surface area contributed by atoms with Gasteiger partial charge in [-0.15, -0.1) is 0 Å². The molecule has 0 aromatic heterocycles. The number of hydrogen-bond acceptors (Lipinski definition) is 5. The molecule has 0 spiro atoms. The van der Waals surface area contributed by atoms with Gasteiger partial charge in [0.1, 0.15) is 11.6 Å². The van der Waals surface area contributed by atoms with Crippen LogP contribution >= 0.6 is 0 Å². The van der Waals surface area contributed by atoms with Crippen molar-refractivity contribution in [1.29, 1.82) is 0 Å². The molecule has 154 valence electrons. The molecule has 2 fully saturated rings. The summed E-state index contributed by atoms with van der Waals surface area (Å²) in [6.07, 6.45) is -0.722. The summed E-state index contributed by atoms with van der Waals surface area (Å²) >= 11 is 0. The summed E-state index contributed by atoms with van der Waals surface area (Å²) in [5.74, 6) is -1.26. The van der Waals surface area contributed by atoms with E-state index in [1.807, 2.05) is 0 Å². The third-order valence-corrected chi connectivity index (χ3v) is 4.80. The van der Waals surface area contributed by atoms with Crippen molar-refractivity contribution in [1.82, 2.24) is 14.7 Å². The fraction of sp³-hybridized carbons (Fsp3) is 0.833. The molecule has 0 aromatic carbocycles. The summed E-state index contributed by atoms with van der Waals surface area (Å²) < 4.78 is 11.2. The topological polar surface area (TPSA) is 99.6 Å². The molecule has 0 bridgehead atoms. The van der Waals surface area contributed by atoms with Crippen LogP contribution < -0.4 is 0 Å². The summed E-state index contributed by atoms with van der Waals surface area (Å²) in [6.45, 7) is 10.3. The molecule has 1 unspecified atom stereocenters. The SMILES string of the molecule is CC(C)C(C(=O)O)N(C)C(=O)N1C[C@@H]2OCCN(C(=O)OC(C)(C)C)[C@@H]2C1. The molecule has 0 saturated carbocycles. The number of urea groups is 1. The Kier molecular flexibility index (Phi) is 6.24. The average Bonchev–Trinajstić information content (AvgIpc) is 2.95. The van der Waals surface area contributed by atoms with E-state index in [9.17, 15) is 19.5 Å². The van der Waals surface area contributed by atoms with Crippen LogP contribution in [-0.4, -0.2) is 95.0 Å². The highest BCUT2D eigenvalue weighted by atomic mass is 16.6. The number of morpholine rings is 1. The molecular weight excluding hydrogens is 354 g/mol. The molecule has 9 heteroatoms. The first kappa shape index (κ1) is 21.3. The molecule has 27 heavy (non-hydrogen) atoms. The van der Waals surface area contributed by atoms with Crippen LogP contribution in [0.4, 0.5) is 9.59 Å². The van der Waals surface area contributed by atoms with E-state index < -0.39 is 23.7 Å². The lowest BCUT2D eigenvalue weighted by atomic mass is 10.0. The lowest BCUT2D eigenvalue weighted by Gasteiger charge is -2.37. The highest BCUT2D eigenvalue weighted by Gasteiger charge is 2.46. The number of likely N-dealkylation sites (tertiary alicyclic amines) is 1. The minimum atomic E-state index is -1.04. The maximum Gasteiger partial charge on any atom is 0.410 e. The fourth-order valence-corrected chi connectivity index (χ4v) is 3.63. The predicted molar refractivity (Wildman–Crippen MR) is 97.5 cm³/mol. The molecule has 3 amide bonds. The molecule has 0 radical (unpaired) electrons. The number of fused-ring (bicyclic) bond motifs is 1. The van der Waals surface area contributed by atoms with Crippen molar-refractivity contribution in [2.24, 2.45) is 5.92 Å². The smallest absolute Gasteiger partial charge is 0.410 e. The van der Waals surface area contributed by atoms with E-state index in [0.717, 1.165) is 0 Å². The van der Waals surface area contributed by atoms with Gasteiger partial charge in [0, 0.05) is 20.1 Å². The Bertz CT molecular complexity index is 588. The monoisotopic (exact) mass is 385 g/mol. The molecule has 2 heterocycles. The molecule has 2 aliphatic heterocycles. The van der Waals surface area contributed by atoms with Crippen molar-refractivity contribution in [3.63, 3.8) is 0 Å². The molecular formula is C18H31N3O6. The largest absolute Gasteiger partial charge is 0.480 e. The van der Waals surface area contributed by atoms with Gasteiger partial charge in [-0.25, -0.2) is 14.4 Å². The van der Waals surface area contributed by atoms with Gasteiger partial charge in [0.05, 0.1) is 25.3 Å². The van der Waals surface area contributed by atoms with Crippen molar-refractivity contribution in [3.05, 3.63) is 0 Å². The van der Waals surface area contributed by atoms with Crippen LogP contribution in [0.1, 0.15) is 34.6 Å². The van der Waals surface area contributed by atoms with Crippen molar-refractivity contribution in [2.45, 2.75) is 58.4 Å². The second kappa shape index (κ2) is 7.92. The zero-order chi connectivity index (χ0) is 20.5. The number of carbonyl (C=O) groups excluding carboxylic acids is 2. The average molecular weight is 385 g/mol. The van der Waals surface area contributed by atoms with Crippen LogP contribution in [-0.2, 0) is 14.3 Å². The molecule has 2 saturated heterocycles. The Hall–Kier alpha value is -2.03.